The van der Waals surface area contributed by atoms with Gasteiger partial charge in [0.2, 0.25) is 0 Å². The number of hydrogen-bond donors (Lipinski definition) is 0. The first kappa shape index (κ1) is 9.60. The zero-order valence-electron chi connectivity index (χ0n) is 6.14. The van der Waals surface area contributed by atoms with Crippen LogP contribution in [0.2, 0.25) is 0 Å². The summed E-state index contributed by atoms with van der Waals surface area (Å²) in [6, 6.07) is 1.64. The van der Waals surface area contributed by atoms with Gasteiger partial charge in [-0.1, -0.05) is 15.9 Å². The van der Waals surface area contributed by atoms with Gasteiger partial charge in [-0.15, -0.1) is 0 Å². The maximum atomic E-state index is 11.0. The average Bonchev–Trinajstić information content (AvgIpc) is 2.06. The van der Waals surface area contributed by atoms with Gasteiger partial charge in [0.05, 0.1) is 0 Å². The Morgan fingerprint density at radius 2 is 1.92 bits per heavy atom. The summed E-state index contributed by atoms with van der Waals surface area (Å²) in [6.45, 7) is 0. The van der Waals surface area contributed by atoms with Gasteiger partial charge in [0.1, 0.15) is 16.2 Å². The number of halogens is 1. The van der Waals surface area contributed by atoms with Crippen molar-refractivity contribution < 1.29 is 8.42 Å². The lowest BCUT2D eigenvalue weighted by Crippen LogP contribution is -2.07. The number of alkyl halides is 1. The highest BCUT2D eigenvalue weighted by Gasteiger charge is 2.10. The van der Waals surface area contributed by atoms with Crippen LogP contribution in [0, 0.1) is 0 Å². The van der Waals surface area contributed by atoms with E-state index in [-0.39, 0.29) is 10.4 Å². The molecule has 0 saturated heterocycles. The van der Waals surface area contributed by atoms with Crippen LogP contribution >= 0.6 is 15.9 Å². The molecule has 0 fully saturated rings. The van der Waals surface area contributed by atoms with Gasteiger partial charge in [-0.05, 0) is 6.07 Å². The fraction of sp³-hybridized carbons (Fsp3) is 0.333. The number of nitrogens with zero attached hydrogens (tertiary/aromatic N) is 2. The quantitative estimate of drug-likeness (QED) is 0.743. The fourth-order valence-electron chi connectivity index (χ4n) is 0.640. The standard InChI is InChI=1S/C6H7BrN2O2S/c7-5-12(10,11)4-6-8-2-1-3-9-6/h1-3H,4-5H2. The van der Waals surface area contributed by atoms with E-state index in [9.17, 15) is 8.42 Å². The molecule has 1 heterocycles. The second-order valence-corrected chi connectivity index (χ2v) is 5.53. The number of sulfone groups is 1. The summed E-state index contributed by atoms with van der Waals surface area (Å²) in [6.07, 6.45) is 3.04. The van der Waals surface area contributed by atoms with Crippen LogP contribution in [0.3, 0.4) is 0 Å². The van der Waals surface area contributed by atoms with Crippen LogP contribution in [0.4, 0.5) is 0 Å². The van der Waals surface area contributed by atoms with Crippen LogP contribution in [0.25, 0.3) is 0 Å². The summed E-state index contributed by atoms with van der Waals surface area (Å²) < 4.78 is 22.0. The van der Waals surface area contributed by atoms with Gasteiger partial charge in [-0.25, -0.2) is 18.4 Å². The first-order valence-electron chi connectivity index (χ1n) is 3.16. The summed E-state index contributed by atoms with van der Waals surface area (Å²) in [5, 5.41) is 0. The molecule has 12 heavy (non-hydrogen) atoms. The number of hydrogen-bond acceptors (Lipinski definition) is 4. The van der Waals surface area contributed by atoms with E-state index >= 15 is 0 Å². The van der Waals surface area contributed by atoms with E-state index in [2.05, 4.69) is 25.9 Å². The Labute approximate surface area is 79.1 Å². The van der Waals surface area contributed by atoms with Crippen molar-refractivity contribution in [2.24, 2.45) is 0 Å². The van der Waals surface area contributed by atoms with Crippen LogP contribution in [-0.4, -0.2) is 23.0 Å². The SMILES string of the molecule is O=S(=O)(CBr)Cc1ncccn1. The number of rotatable bonds is 3. The van der Waals surface area contributed by atoms with Crippen molar-refractivity contribution in [1.82, 2.24) is 9.97 Å². The second kappa shape index (κ2) is 3.95. The largest absolute Gasteiger partial charge is 0.240 e. The Morgan fingerprint density at radius 1 is 1.33 bits per heavy atom. The van der Waals surface area contributed by atoms with Gasteiger partial charge >= 0.3 is 0 Å². The minimum Gasteiger partial charge on any atom is -0.240 e. The van der Waals surface area contributed by atoms with Crippen LogP contribution in [0.15, 0.2) is 18.5 Å². The highest BCUT2D eigenvalue weighted by atomic mass is 79.9. The first-order chi connectivity index (χ1) is 5.64. The topological polar surface area (TPSA) is 59.9 Å². The normalized spacial score (nSPS) is 11.4. The molecular formula is C6H7BrN2O2S. The molecule has 4 nitrogen and oxygen atoms in total. The molecular weight excluding hydrogens is 244 g/mol. The van der Waals surface area contributed by atoms with Crippen molar-refractivity contribution in [2.75, 3.05) is 4.66 Å². The highest BCUT2D eigenvalue weighted by Crippen LogP contribution is 2.02. The van der Waals surface area contributed by atoms with Crippen molar-refractivity contribution in [3.8, 4) is 0 Å². The second-order valence-electron chi connectivity index (χ2n) is 2.16. The van der Waals surface area contributed by atoms with Crippen molar-refractivity contribution in [3.05, 3.63) is 24.3 Å². The summed E-state index contributed by atoms with van der Waals surface area (Å²) in [5.74, 6) is 0.218. The van der Waals surface area contributed by atoms with Crippen LogP contribution < -0.4 is 0 Å². The first-order valence-corrected chi connectivity index (χ1v) is 6.10. The Hall–Kier alpha value is -0.490. The molecule has 1 aromatic heterocycles. The van der Waals surface area contributed by atoms with E-state index in [1.807, 2.05) is 0 Å². The predicted octanol–water partition coefficient (Wildman–Crippen LogP) is 0.744. The van der Waals surface area contributed by atoms with Crippen molar-refractivity contribution in [1.29, 1.82) is 0 Å². The van der Waals surface area contributed by atoms with Gasteiger partial charge < -0.3 is 0 Å². The van der Waals surface area contributed by atoms with Gasteiger partial charge in [0, 0.05) is 12.4 Å². The maximum Gasteiger partial charge on any atom is 0.167 e. The molecule has 0 aliphatic heterocycles. The molecule has 0 N–H and O–H groups in total. The van der Waals surface area contributed by atoms with E-state index in [0.29, 0.717) is 5.82 Å². The molecule has 0 saturated carbocycles. The minimum atomic E-state index is -3.08. The van der Waals surface area contributed by atoms with E-state index in [0.717, 1.165) is 0 Å². The molecule has 0 atom stereocenters. The molecule has 0 amide bonds. The Morgan fingerprint density at radius 3 is 2.42 bits per heavy atom. The monoisotopic (exact) mass is 250 g/mol. The summed E-state index contributed by atoms with van der Waals surface area (Å²) in [7, 11) is -3.08. The molecule has 0 radical (unpaired) electrons. The predicted molar refractivity (Wildman–Crippen MR) is 48.4 cm³/mol. The Balaban J connectivity index is 2.78. The molecule has 0 aromatic carbocycles. The van der Waals surface area contributed by atoms with Crippen LogP contribution in [-0.2, 0) is 15.6 Å². The molecule has 0 unspecified atom stereocenters. The smallest absolute Gasteiger partial charge is 0.167 e. The third-order valence-corrected chi connectivity index (χ3v) is 4.26. The van der Waals surface area contributed by atoms with Gasteiger partial charge in [0.15, 0.2) is 9.84 Å². The molecule has 0 aliphatic rings. The van der Waals surface area contributed by atoms with E-state index in [1.54, 1.807) is 6.07 Å². The summed E-state index contributed by atoms with van der Waals surface area (Å²) in [4.78, 5) is 7.60. The van der Waals surface area contributed by atoms with Crippen molar-refractivity contribution >= 4 is 25.8 Å². The highest BCUT2D eigenvalue weighted by molar-refractivity contribution is 9.10. The molecule has 1 rings (SSSR count). The van der Waals surface area contributed by atoms with Crippen molar-refractivity contribution in [2.45, 2.75) is 5.75 Å². The lowest BCUT2D eigenvalue weighted by atomic mass is 10.6. The lowest BCUT2D eigenvalue weighted by Gasteiger charge is -1.97. The van der Waals surface area contributed by atoms with Crippen LogP contribution in [0.5, 0.6) is 0 Å². The van der Waals surface area contributed by atoms with E-state index < -0.39 is 9.84 Å². The summed E-state index contributed by atoms with van der Waals surface area (Å²) in [5.41, 5.74) is 0. The van der Waals surface area contributed by atoms with Gasteiger partial charge in [0.25, 0.3) is 0 Å². The molecule has 6 heteroatoms. The zero-order valence-corrected chi connectivity index (χ0v) is 8.55. The van der Waals surface area contributed by atoms with Gasteiger partial charge in [-0.3, -0.25) is 0 Å². The molecule has 1 aromatic rings. The zero-order chi connectivity index (χ0) is 9.03. The molecule has 0 bridgehead atoms. The third-order valence-electron chi connectivity index (χ3n) is 1.13. The number of aromatic nitrogens is 2. The van der Waals surface area contributed by atoms with Gasteiger partial charge in [-0.2, -0.15) is 0 Å². The average molecular weight is 251 g/mol. The molecule has 66 valence electrons. The Bertz CT molecular complexity index is 338. The molecule has 0 spiro atoms. The minimum absolute atomic E-state index is 0.0573. The molecule has 0 aliphatic carbocycles. The third kappa shape index (κ3) is 2.86. The lowest BCUT2D eigenvalue weighted by molar-refractivity contribution is 0.599. The van der Waals surface area contributed by atoms with E-state index in [1.165, 1.54) is 12.4 Å². The Kier molecular flexibility index (Phi) is 3.16. The van der Waals surface area contributed by atoms with E-state index in [4.69, 9.17) is 0 Å². The maximum absolute atomic E-state index is 11.0. The fourth-order valence-corrected chi connectivity index (χ4v) is 1.74. The van der Waals surface area contributed by atoms with Crippen molar-refractivity contribution in [3.63, 3.8) is 0 Å². The summed E-state index contributed by atoms with van der Waals surface area (Å²) >= 11 is 2.88. The van der Waals surface area contributed by atoms with Crippen LogP contribution in [0.1, 0.15) is 5.82 Å².